The van der Waals surface area contributed by atoms with Crippen LogP contribution < -0.4 is 10.9 Å². The number of aliphatic imine (C=N–C) groups is 1. The van der Waals surface area contributed by atoms with Crippen molar-refractivity contribution >= 4 is 5.84 Å². The predicted octanol–water partition coefficient (Wildman–Crippen LogP) is 0.249. The zero-order chi connectivity index (χ0) is 6.27. The van der Waals surface area contributed by atoms with Crippen molar-refractivity contribution < 1.29 is 0 Å². The Hall–Kier alpha value is -0.570. The van der Waals surface area contributed by atoms with Gasteiger partial charge in [-0.2, -0.15) is 0 Å². The Balaban J connectivity index is 2.03. The molecule has 1 aliphatic heterocycles. The van der Waals surface area contributed by atoms with Gasteiger partial charge < -0.3 is 5.43 Å². The molecule has 50 valence electrons. The van der Waals surface area contributed by atoms with Gasteiger partial charge in [-0.1, -0.05) is 0 Å². The lowest BCUT2D eigenvalue weighted by molar-refractivity contribution is 0.587. The summed E-state index contributed by atoms with van der Waals surface area (Å²) in [5, 5.41) is 0. The Morgan fingerprint density at radius 3 is 2.78 bits per heavy atom. The minimum atomic E-state index is 0.278. The van der Waals surface area contributed by atoms with Gasteiger partial charge in [-0.15, -0.1) is 0 Å². The summed E-state index contributed by atoms with van der Waals surface area (Å²) < 4.78 is 0. The van der Waals surface area contributed by atoms with Gasteiger partial charge in [0.05, 0.1) is 0 Å². The normalized spacial score (nSPS) is 33.9. The molecule has 2 N–H and O–H groups in total. The lowest BCUT2D eigenvalue weighted by Crippen LogP contribution is -2.34. The van der Waals surface area contributed by atoms with E-state index in [1.54, 1.807) is 0 Å². The zero-order valence-electron chi connectivity index (χ0n) is 5.52. The van der Waals surface area contributed by atoms with Gasteiger partial charge in [-0.25, -0.2) is 5.43 Å². The van der Waals surface area contributed by atoms with E-state index in [2.05, 4.69) is 15.8 Å². The molecule has 0 radical (unpaired) electrons. The molecule has 2 rings (SSSR count). The molecule has 2 aliphatic rings. The molecule has 1 saturated carbocycles. The number of nitrogens with one attached hydrogen (secondary N) is 2. The monoisotopic (exact) mass is 125 g/mol. The van der Waals surface area contributed by atoms with Gasteiger partial charge in [0.25, 0.3) is 0 Å². The van der Waals surface area contributed by atoms with Gasteiger partial charge in [0.2, 0.25) is 0 Å². The van der Waals surface area contributed by atoms with Gasteiger partial charge in [0.15, 0.2) is 0 Å². The summed E-state index contributed by atoms with van der Waals surface area (Å²) in [4.78, 5) is 4.34. The third-order valence-electron chi connectivity index (χ3n) is 1.71. The number of hydrazine groups is 1. The summed E-state index contributed by atoms with van der Waals surface area (Å²) in [6.45, 7) is 2.04. The van der Waals surface area contributed by atoms with Crippen LogP contribution in [0.5, 0.6) is 0 Å². The Morgan fingerprint density at radius 1 is 1.56 bits per heavy atom. The van der Waals surface area contributed by atoms with Crippen LogP contribution in [0.2, 0.25) is 0 Å². The molecule has 3 heteroatoms. The fourth-order valence-electron chi connectivity index (χ4n) is 1.02. The smallest absolute Gasteiger partial charge is 0.116 e. The van der Waals surface area contributed by atoms with Crippen LogP contribution in [-0.4, -0.2) is 12.0 Å². The van der Waals surface area contributed by atoms with Crippen molar-refractivity contribution in [2.24, 2.45) is 10.9 Å². The quantitative estimate of drug-likeness (QED) is 0.527. The summed E-state index contributed by atoms with van der Waals surface area (Å²) in [6, 6.07) is 0. The second-order valence-corrected chi connectivity index (χ2v) is 2.73. The first-order valence-electron chi connectivity index (χ1n) is 3.45. The molecule has 0 bridgehead atoms. The summed E-state index contributed by atoms with van der Waals surface area (Å²) in [7, 11) is 0. The van der Waals surface area contributed by atoms with E-state index < -0.39 is 0 Å². The fraction of sp³-hybridized carbons (Fsp3) is 0.833. The van der Waals surface area contributed by atoms with E-state index in [4.69, 9.17) is 0 Å². The number of hydrogen-bond donors (Lipinski definition) is 2. The molecule has 1 atom stereocenters. The molecule has 0 spiro atoms. The van der Waals surface area contributed by atoms with Crippen molar-refractivity contribution in [2.75, 3.05) is 0 Å². The largest absolute Gasteiger partial charge is 0.307 e. The van der Waals surface area contributed by atoms with Crippen molar-refractivity contribution in [3.8, 4) is 0 Å². The standard InChI is InChI=1S/C6H11N3/c1-4-7-6(9-8-4)5-2-3-5/h4-5,8H,2-3H2,1H3,(H,7,9). The van der Waals surface area contributed by atoms with Crippen LogP contribution in [0.15, 0.2) is 4.99 Å². The Labute approximate surface area is 54.5 Å². The minimum Gasteiger partial charge on any atom is -0.307 e. The van der Waals surface area contributed by atoms with Gasteiger partial charge in [-0.05, 0) is 19.8 Å². The molecule has 1 heterocycles. The van der Waals surface area contributed by atoms with E-state index in [-0.39, 0.29) is 6.17 Å². The molecule has 0 aromatic heterocycles. The van der Waals surface area contributed by atoms with Crippen molar-refractivity contribution in [3.63, 3.8) is 0 Å². The Kier molecular flexibility index (Phi) is 0.990. The molecule has 9 heavy (non-hydrogen) atoms. The van der Waals surface area contributed by atoms with Crippen LogP contribution in [0.4, 0.5) is 0 Å². The van der Waals surface area contributed by atoms with Gasteiger partial charge >= 0.3 is 0 Å². The molecule has 1 aliphatic carbocycles. The highest BCUT2D eigenvalue weighted by Crippen LogP contribution is 2.30. The molecule has 1 unspecified atom stereocenters. The highest BCUT2D eigenvalue weighted by Gasteiger charge is 2.30. The zero-order valence-corrected chi connectivity index (χ0v) is 5.52. The molecule has 0 amide bonds. The average molecular weight is 125 g/mol. The predicted molar refractivity (Wildman–Crippen MR) is 35.9 cm³/mol. The topological polar surface area (TPSA) is 36.4 Å². The van der Waals surface area contributed by atoms with Crippen LogP contribution in [0.3, 0.4) is 0 Å². The summed E-state index contributed by atoms with van der Waals surface area (Å²) >= 11 is 0. The van der Waals surface area contributed by atoms with Crippen LogP contribution in [0.25, 0.3) is 0 Å². The highest BCUT2D eigenvalue weighted by molar-refractivity contribution is 5.87. The number of rotatable bonds is 1. The van der Waals surface area contributed by atoms with E-state index in [9.17, 15) is 0 Å². The van der Waals surface area contributed by atoms with Crippen molar-refractivity contribution in [1.29, 1.82) is 0 Å². The van der Waals surface area contributed by atoms with Crippen molar-refractivity contribution in [3.05, 3.63) is 0 Å². The van der Waals surface area contributed by atoms with E-state index in [1.165, 1.54) is 18.7 Å². The molecule has 0 aromatic rings. The minimum absolute atomic E-state index is 0.278. The maximum atomic E-state index is 4.34. The highest BCUT2D eigenvalue weighted by atomic mass is 15.5. The van der Waals surface area contributed by atoms with E-state index in [0.717, 1.165) is 5.92 Å². The maximum Gasteiger partial charge on any atom is 0.116 e. The summed E-state index contributed by atoms with van der Waals surface area (Å²) in [5.41, 5.74) is 6.11. The first kappa shape index (κ1) is 5.23. The maximum absolute atomic E-state index is 4.34. The Bertz CT molecular complexity index is 148. The van der Waals surface area contributed by atoms with E-state index in [0.29, 0.717) is 0 Å². The lowest BCUT2D eigenvalue weighted by Gasteiger charge is -1.97. The summed E-state index contributed by atoms with van der Waals surface area (Å²) in [6.07, 6.45) is 2.92. The second-order valence-electron chi connectivity index (χ2n) is 2.73. The molecule has 0 aromatic carbocycles. The SMILES string of the molecule is CC1N=C(C2CC2)NN1. The number of nitrogens with zero attached hydrogens (tertiary/aromatic N) is 1. The molecule has 1 fully saturated rings. The van der Waals surface area contributed by atoms with Gasteiger partial charge in [0, 0.05) is 5.92 Å². The molecule has 3 nitrogen and oxygen atoms in total. The van der Waals surface area contributed by atoms with Crippen LogP contribution in [0, 0.1) is 5.92 Å². The Morgan fingerprint density at radius 2 is 2.33 bits per heavy atom. The van der Waals surface area contributed by atoms with Crippen molar-refractivity contribution in [1.82, 2.24) is 10.9 Å². The average Bonchev–Trinajstić information content (AvgIpc) is 2.58. The second kappa shape index (κ2) is 1.70. The number of amidine groups is 1. The first-order valence-corrected chi connectivity index (χ1v) is 3.45. The fourth-order valence-corrected chi connectivity index (χ4v) is 1.02. The van der Waals surface area contributed by atoms with Gasteiger partial charge in [0.1, 0.15) is 12.0 Å². The third-order valence-corrected chi connectivity index (χ3v) is 1.71. The molecular weight excluding hydrogens is 114 g/mol. The first-order chi connectivity index (χ1) is 4.36. The lowest BCUT2D eigenvalue weighted by atomic mass is 10.4. The van der Waals surface area contributed by atoms with E-state index >= 15 is 0 Å². The van der Waals surface area contributed by atoms with Crippen LogP contribution >= 0.6 is 0 Å². The van der Waals surface area contributed by atoms with Gasteiger partial charge in [-0.3, -0.25) is 4.99 Å². The molecule has 0 saturated heterocycles. The number of hydrogen-bond acceptors (Lipinski definition) is 3. The van der Waals surface area contributed by atoms with Crippen LogP contribution in [0.1, 0.15) is 19.8 Å². The van der Waals surface area contributed by atoms with E-state index in [1.807, 2.05) is 6.92 Å². The van der Waals surface area contributed by atoms with Crippen LogP contribution in [-0.2, 0) is 0 Å². The van der Waals surface area contributed by atoms with Crippen molar-refractivity contribution in [2.45, 2.75) is 25.9 Å². The third kappa shape index (κ3) is 0.920. The summed E-state index contributed by atoms with van der Waals surface area (Å²) in [5.74, 6) is 1.92. The molecular formula is C6H11N3.